The van der Waals surface area contributed by atoms with E-state index in [0.717, 1.165) is 11.9 Å². The summed E-state index contributed by atoms with van der Waals surface area (Å²) in [4.78, 5) is 0. The van der Waals surface area contributed by atoms with Gasteiger partial charge in [0.1, 0.15) is 23.0 Å². The van der Waals surface area contributed by atoms with Crippen molar-refractivity contribution in [1.82, 2.24) is 0 Å². The average Bonchev–Trinajstić information content (AvgIpc) is 1.41. The van der Waals surface area contributed by atoms with Crippen molar-refractivity contribution < 1.29 is 3.07 Å². The molecule has 0 fully saturated rings. The number of halogens is 2. The molecule has 0 rings (SSSR count). The molecule has 0 saturated carbocycles. The molecular formula is C2H4BrIO. The Morgan fingerprint density at radius 2 is 2.40 bits per heavy atom. The molecule has 5 heavy (non-hydrogen) atoms. The molecule has 0 aromatic heterocycles. The summed E-state index contributed by atoms with van der Waals surface area (Å²) in [5.41, 5.74) is 0. The summed E-state index contributed by atoms with van der Waals surface area (Å²) in [6, 6.07) is 0. The zero-order chi connectivity index (χ0) is 4.12. The zero-order valence-corrected chi connectivity index (χ0v) is 6.32. The Hall–Kier alpha value is 1.17. The molecule has 0 radical (unpaired) electrons. The van der Waals surface area contributed by atoms with E-state index in [2.05, 4.69) is 19.0 Å². The van der Waals surface area contributed by atoms with Gasteiger partial charge in [-0.15, -0.1) is 0 Å². The Kier molecular flexibility index (Phi) is 6.38. The molecule has 0 heterocycles. The van der Waals surface area contributed by atoms with Crippen molar-refractivity contribution in [2.75, 3.05) is 11.9 Å². The minimum absolute atomic E-state index is 0.792. The molecule has 0 aliphatic carbocycles. The maximum Gasteiger partial charge on any atom is 0.109 e. The van der Waals surface area contributed by atoms with Gasteiger partial charge in [0, 0.05) is 5.33 Å². The SMILES string of the molecule is BrCCOI. The van der Waals surface area contributed by atoms with E-state index >= 15 is 0 Å². The van der Waals surface area contributed by atoms with E-state index in [4.69, 9.17) is 0 Å². The predicted molar refractivity (Wildman–Crippen MR) is 33.8 cm³/mol. The highest BCUT2D eigenvalue weighted by atomic mass is 127. The summed E-state index contributed by atoms with van der Waals surface area (Å²) in [7, 11) is 0. The highest BCUT2D eigenvalue weighted by Gasteiger charge is 1.70. The Labute approximate surface area is 53.9 Å². The number of rotatable bonds is 2. The predicted octanol–water partition coefficient (Wildman–Crippen LogP) is 1.75. The minimum Gasteiger partial charge on any atom is -0.315 e. The van der Waals surface area contributed by atoms with Crippen LogP contribution in [0, 0.1) is 0 Å². The van der Waals surface area contributed by atoms with Crippen molar-refractivity contribution in [2.45, 2.75) is 0 Å². The summed E-state index contributed by atoms with van der Waals surface area (Å²) in [6.07, 6.45) is 0. The molecule has 0 amide bonds. The van der Waals surface area contributed by atoms with Gasteiger partial charge in [0.25, 0.3) is 0 Å². The third kappa shape index (κ3) is 5.17. The van der Waals surface area contributed by atoms with Gasteiger partial charge in [0.2, 0.25) is 0 Å². The van der Waals surface area contributed by atoms with Crippen molar-refractivity contribution in [2.24, 2.45) is 0 Å². The van der Waals surface area contributed by atoms with Crippen molar-refractivity contribution in [1.29, 1.82) is 0 Å². The molecular weight excluding hydrogens is 247 g/mol. The summed E-state index contributed by atoms with van der Waals surface area (Å²) in [5.74, 6) is 0. The van der Waals surface area contributed by atoms with Crippen LogP contribution in [0.15, 0.2) is 0 Å². The van der Waals surface area contributed by atoms with Crippen LogP contribution in [0.2, 0.25) is 0 Å². The van der Waals surface area contributed by atoms with E-state index in [0.29, 0.717) is 0 Å². The molecule has 0 unspecified atom stereocenters. The molecule has 32 valence electrons. The molecule has 0 aliphatic rings. The number of alkyl halides is 1. The van der Waals surface area contributed by atoms with E-state index in [9.17, 15) is 0 Å². The fourth-order valence-corrected chi connectivity index (χ4v) is 1.02. The van der Waals surface area contributed by atoms with E-state index < -0.39 is 0 Å². The summed E-state index contributed by atoms with van der Waals surface area (Å²) in [5, 5.41) is 0.927. The monoisotopic (exact) mass is 250 g/mol. The molecule has 0 aromatic rings. The Bertz CT molecular complexity index is 17.1. The maximum atomic E-state index is 4.61. The Morgan fingerprint density at radius 3 is 2.40 bits per heavy atom. The van der Waals surface area contributed by atoms with Crippen molar-refractivity contribution in [3.05, 3.63) is 0 Å². The van der Waals surface area contributed by atoms with E-state index in [1.165, 1.54) is 0 Å². The lowest BCUT2D eigenvalue weighted by Gasteiger charge is -1.79. The zero-order valence-electron chi connectivity index (χ0n) is 2.58. The molecule has 0 atom stereocenters. The first kappa shape index (κ1) is 6.17. The standard InChI is InChI=1S/C2H4BrIO/c3-1-2-5-4/h1-2H2. The Balaban J connectivity index is 2.19. The van der Waals surface area contributed by atoms with Crippen molar-refractivity contribution in [3.63, 3.8) is 0 Å². The summed E-state index contributed by atoms with van der Waals surface area (Å²) >= 11 is 5.04. The quantitative estimate of drug-likeness (QED) is 0.536. The molecule has 3 heteroatoms. The molecule has 0 spiro atoms. The first-order valence-electron chi connectivity index (χ1n) is 1.21. The van der Waals surface area contributed by atoms with Crippen LogP contribution in [0.1, 0.15) is 0 Å². The maximum absolute atomic E-state index is 4.61. The normalized spacial score (nSPS) is 8.40. The second-order valence-electron chi connectivity index (χ2n) is 0.502. The van der Waals surface area contributed by atoms with E-state index in [-0.39, 0.29) is 0 Å². The Morgan fingerprint density at radius 1 is 1.80 bits per heavy atom. The topological polar surface area (TPSA) is 9.23 Å². The van der Waals surface area contributed by atoms with Crippen LogP contribution in [-0.4, -0.2) is 11.9 Å². The number of hydrogen-bond donors (Lipinski definition) is 0. The average molecular weight is 251 g/mol. The number of hydrogen-bond acceptors (Lipinski definition) is 1. The summed E-state index contributed by atoms with van der Waals surface area (Å²) in [6.45, 7) is 0.792. The van der Waals surface area contributed by atoms with Gasteiger partial charge in [-0.25, -0.2) is 0 Å². The third-order valence-electron chi connectivity index (χ3n) is 0.154. The van der Waals surface area contributed by atoms with E-state index in [1.807, 2.05) is 23.0 Å². The van der Waals surface area contributed by atoms with Crippen LogP contribution < -0.4 is 0 Å². The van der Waals surface area contributed by atoms with Gasteiger partial charge in [-0.1, -0.05) is 15.9 Å². The van der Waals surface area contributed by atoms with Gasteiger partial charge >= 0.3 is 0 Å². The van der Waals surface area contributed by atoms with Crippen molar-refractivity contribution in [3.8, 4) is 0 Å². The second-order valence-corrected chi connectivity index (χ2v) is 1.92. The molecule has 0 aliphatic heterocycles. The van der Waals surface area contributed by atoms with Crippen LogP contribution in [0.3, 0.4) is 0 Å². The van der Waals surface area contributed by atoms with Gasteiger partial charge in [-0.2, -0.15) is 0 Å². The fourth-order valence-electron chi connectivity index (χ4n) is 0.0292. The molecule has 0 bridgehead atoms. The lowest BCUT2D eigenvalue weighted by Crippen LogP contribution is -1.78. The molecule has 0 aromatic carbocycles. The highest BCUT2D eigenvalue weighted by molar-refractivity contribution is 14.1. The van der Waals surface area contributed by atoms with Crippen LogP contribution >= 0.6 is 38.9 Å². The highest BCUT2D eigenvalue weighted by Crippen LogP contribution is 1.86. The van der Waals surface area contributed by atoms with Crippen LogP contribution in [-0.2, 0) is 3.07 Å². The molecule has 0 N–H and O–H groups in total. The minimum atomic E-state index is 0.792. The van der Waals surface area contributed by atoms with Gasteiger partial charge < -0.3 is 3.07 Å². The lowest BCUT2D eigenvalue weighted by molar-refractivity contribution is 0.465. The fraction of sp³-hybridized carbons (Fsp3) is 1.00. The smallest absolute Gasteiger partial charge is 0.109 e. The van der Waals surface area contributed by atoms with Crippen LogP contribution in [0.4, 0.5) is 0 Å². The first-order valence-corrected chi connectivity index (χ1v) is 3.21. The van der Waals surface area contributed by atoms with Gasteiger partial charge in [-0.3, -0.25) is 0 Å². The van der Waals surface area contributed by atoms with Gasteiger partial charge in [0.15, 0.2) is 0 Å². The first-order chi connectivity index (χ1) is 2.41. The van der Waals surface area contributed by atoms with Gasteiger partial charge in [-0.05, 0) is 0 Å². The van der Waals surface area contributed by atoms with Crippen LogP contribution in [0.25, 0.3) is 0 Å². The van der Waals surface area contributed by atoms with Crippen LogP contribution in [0.5, 0.6) is 0 Å². The largest absolute Gasteiger partial charge is 0.315 e. The van der Waals surface area contributed by atoms with E-state index in [1.54, 1.807) is 0 Å². The van der Waals surface area contributed by atoms with Crippen molar-refractivity contribution >= 4 is 38.9 Å². The molecule has 1 nitrogen and oxygen atoms in total. The summed E-state index contributed by atoms with van der Waals surface area (Å²) < 4.78 is 4.61. The van der Waals surface area contributed by atoms with Gasteiger partial charge in [0.05, 0.1) is 6.61 Å². The molecule has 0 saturated heterocycles. The third-order valence-corrected chi connectivity index (χ3v) is 0.918. The second kappa shape index (κ2) is 5.17. The lowest BCUT2D eigenvalue weighted by atomic mass is 10.9.